The average Bonchev–Trinajstić information content (AvgIpc) is 3.46. The zero-order chi connectivity index (χ0) is 22.8. The third-order valence-electron chi connectivity index (χ3n) is 5.84. The molecule has 1 aliphatic heterocycles. The van der Waals surface area contributed by atoms with Crippen molar-refractivity contribution >= 4 is 29.1 Å². The molecule has 5 rings (SSSR count). The Morgan fingerprint density at radius 2 is 1.97 bits per heavy atom. The number of fused-ring (bicyclic) bond motifs is 1. The number of aliphatic imine (C=N–C) groups is 1. The number of aromatic amines is 1. The summed E-state index contributed by atoms with van der Waals surface area (Å²) in [5.41, 5.74) is 6.37. The molecule has 0 aliphatic carbocycles. The summed E-state index contributed by atoms with van der Waals surface area (Å²) in [7, 11) is 0. The summed E-state index contributed by atoms with van der Waals surface area (Å²) in [5.74, 6) is 0.564. The van der Waals surface area contributed by atoms with Gasteiger partial charge in [0.1, 0.15) is 17.4 Å². The first kappa shape index (κ1) is 20.6. The predicted octanol–water partition coefficient (Wildman–Crippen LogP) is 3.13. The number of rotatable bonds is 6. The molecule has 0 unspecified atom stereocenters. The van der Waals surface area contributed by atoms with Crippen LogP contribution >= 0.6 is 0 Å². The number of amidine groups is 1. The number of hydrogen-bond donors (Lipinski definition) is 3. The first-order valence-corrected chi connectivity index (χ1v) is 10.7. The van der Waals surface area contributed by atoms with Crippen LogP contribution in [0.2, 0.25) is 0 Å². The number of nitrogens with one attached hydrogen (secondary N) is 3. The minimum Gasteiger partial charge on any atom is -0.358 e. The lowest BCUT2D eigenvalue weighted by Gasteiger charge is -2.40. The van der Waals surface area contributed by atoms with E-state index in [-0.39, 0.29) is 11.8 Å². The number of likely N-dealkylation sites (tertiary alicyclic amines) is 1. The van der Waals surface area contributed by atoms with Crippen molar-refractivity contribution in [3.8, 4) is 11.1 Å². The average molecular weight is 441 g/mol. The Morgan fingerprint density at radius 1 is 1.18 bits per heavy atom. The van der Waals surface area contributed by atoms with Gasteiger partial charge in [0.15, 0.2) is 5.84 Å². The molecule has 3 heterocycles. The predicted molar refractivity (Wildman–Crippen MR) is 125 cm³/mol. The van der Waals surface area contributed by atoms with Crippen LogP contribution in [0.15, 0.2) is 64.3 Å². The maximum absolute atomic E-state index is 12.6. The number of aryl methyl sites for hydroxylation is 1. The highest BCUT2D eigenvalue weighted by Crippen LogP contribution is 2.26. The van der Waals surface area contributed by atoms with E-state index in [1.54, 1.807) is 0 Å². The molecule has 4 aromatic rings. The van der Waals surface area contributed by atoms with E-state index >= 15 is 0 Å². The summed E-state index contributed by atoms with van der Waals surface area (Å²) >= 11 is 0. The van der Waals surface area contributed by atoms with Crippen LogP contribution in [0.25, 0.3) is 22.2 Å². The monoisotopic (exact) mass is 441 g/mol. The van der Waals surface area contributed by atoms with Crippen LogP contribution in [0.3, 0.4) is 0 Å². The van der Waals surface area contributed by atoms with Gasteiger partial charge < -0.3 is 15.2 Å². The van der Waals surface area contributed by atoms with Crippen LogP contribution in [-0.4, -0.2) is 51.4 Å². The quantitative estimate of drug-likeness (QED) is 0.313. The molecular formula is C24H23N7O2. The van der Waals surface area contributed by atoms with E-state index in [0.29, 0.717) is 36.5 Å². The first-order valence-electron chi connectivity index (χ1n) is 10.7. The summed E-state index contributed by atoms with van der Waals surface area (Å²) in [6.45, 7) is 3.66. The van der Waals surface area contributed by atoms with Gasteiger partial charge in [-0.3, -0.25) is 10.2 Å². The summed E-state index contributed by atoms with van der Waals surface area (Å²) in [6, 6.07) is 15.8. The zero-order valence-corrected chi connectivity index (χ0v) is 18.1. The van der Waals surface area contributed by atoms with Gasteiger partial charge in [-0.1, -0.05) is 35.9 Å². The van der Waals surface area contributed by atoms with E-state index in [4.69, 9.17) is 10.0 Å². The van der Waals surface area contributed by atoms with Gasteiger partial charge in [0.25, 0.3) is 0 Å². The number of carbonyl (C=O) groups is 1. The lowest BCUT2D eigenvalue weighted by Crippen LogP contribution is -2.56. The Hall–Kier alpha value is -4.27. The molecule has 1 saturated heterocycles. The van der Waals surface area contributed by atoms with Crippen molar-refractivity contribution in [1.29, 1.82) is 5.41 Å². The highest BCUT2D eigenvalue weighted by molar-refractivity contribution is 6.03. The van der Waals surface area contributed by atoms with Gasteiger partial charge >= 0.3 is 0 Å². The lowest BCUT2D eigenvalue weighted by molar-refractivity contribution is -0.128. The number of carbonyl (C=O) groups excluding carboxylic acids is 1. The minimum absolute atomic E-state index is 0.0303. The molecule has 9 nitrogen and oxygen atoms in total. The van der Waals surface area contributed by atoms with E-state index in [1.807, 2.05) is 66.6 Å². The molecule has 0 atom stereocenters. The van der Waals surface area contributed by atoms with Gasteiger partial charge in [0.2, 0.25) is 5.91 Å². The fourth-order valence-electron chi connectivity index (χ4n) is 3.89. The molecule has 3 N–H and O–H groups in total. The molecule has 1 aliphatic rings. The second kappa shape index (κ2) is 8.70. The Morgan fingerprint density at radius 3 is 2.76 bits per heavy atom. The van der Waals surface area contributed by atoms with E-state index in [9.17, 15) is 4.79 Å². The highest BCUT2D eigenvalue weighted by Gasteiger charge is 2.35. The molecular weight excluding hydrogens is 418 g/mol. The SMILES string of the molecule is Cc1ccc(CNC(=O)C2CN(/C(=N/C=N)c3cc(-c4ccc5nonc5c4)c[nH]3)C2)cc1. The fourth-order valence-corrected chi connectivity index (χ4v) is 3.89. The Kier molecular flexibility index (Phi) is 5.43. The molecule has 0 saturated carbocycles. The third kappa shape index (κ3) is 4.25. The van der Waals surface area contributed by atoms with Crippen molar-refractivity contribution in [2.45, 2.75) is 13.5 Å². The van der Waals surface area contributed by atoms with E-state index in [2.05, 4.69) is 25.6 Å². The van der Waals surface area contributed by atoms with Gasteiger partial charge in [-0.05, 0) is 52.1 Å². The van der Waals surface area contributed by atoms with Crippen molar-refractivity contribution in [1.82, 2.24) is 25.5 Å². The van der Waals surface area contributed by atoms with Crippen LogP contribution in [-0.2, 0) is 11.3 Å². The van der Waals surface area contributed by atoms with Crippen LogP contribution in [0.4, 0.5) is 0 Å². The Bertz CT molecular complexity index is 1330. The third-order valence-corrected chi connectivity index (χ3v) is 5.84. The van der Waals surface area contributed by atoms with Crippen molar-refractivity contribution in [3.05, 3.63) is 71.5 Å². The standard InChI is InChI=1S/C24H23N7O2/c1-15-2-4-16(5-3-15)10-27-24(32)19-12-31(13-19)23(28-14-25)22-9-18(11-26-22)17-6-7-20-21(8-17)30-33-29-20/h2-9,11,14,19,25-26H,10,12-13H2,1H3,(H,27,32)/b25-14?,28-23+. The maximum Gasteiger partial charge on any atom is 0.226 e. The zero-order valence-electron chi connectivity index (χ0n) is 18.1. The number of benzene rings is 2. The molecule has 0 spiro atoms. The van der Waals surface area contributed by atoms with Crippen molar-refractivity contribution in [2.75, 3.05) is 13.1 Å². The van der Waals surface area contributed by atoms with Crippen LogP contribution in [0.5, 0.6) is 0 Å². The van der Waals surface area contributed by atoms with Crippen molar-refractivity contribution < 1.29 is 9.42 Å². The summed E-state index contributed by atoms with van der Waals surface area (Å²) < 4.78 is 4.77. The smallest absolute Gasteiger partial charge is 0.226 e. The lowest BCUT2D eigenvalue weighted by atomic mass is 9.98. The highest BCUT2D eigenvalue weighted by atomic mass is 16.6. The summed E-state index contributed by atoms with van der Waals surface area (Å²) in [4.78, 5) is 22.0. The molecule has 33 heavy (non-hydrogen) atoms. The van der Waals surface area contributed by atoms with E-state index in [1.165, 1.54) is 5.56 Å². The second-order valence-corrected chi connectivity index (χ2v) is 8.16. The topological polar surface area (TPSA) is 123 Å². The summed E-state index contributed by atoms with van der Waals surface area (Å²) in [6.07, 6.45) is 2.91. The molecule has 0 bridgehead atoms. The number of aromatic nitrogens is 3. The second-order valence-electron chi connectivity index (χ2n) is 8.16. The summed E-state index contributed by atoms with van der Waals surface area (Å²) in [5, 5.41) is 18.2. The normalized spacial score (nSPS) is 14.3. The molecule has 9 heteroatoms. The van der Waals surface area contributed by atoms with Crippen molar-refractivity contribution in [3.63, 3.8) is 0 Å². The van der Waals surface area contributed by atoms with Crippen LogP contribution in [0, 0.1) is 18.3 Å². The molecule has 2 aromatic heterocycles. The first-order chi connectivity index (χ1) is 16.1. The maximum atomic E-state index is 12.6. The van der Waals surface area contributed by atoms with Crippen molar-refractivity contribution in [2.24, 2.45) is 10.9 Å². The van der Waals surface area contributed by atoms with Gasteiger partial charge in [0.05, 0.1) is 11.6 Å². The minimum atomic E-state index is -0.108. The largest absolute Gasteiger partial charge is 0.358 e. The van der Waals surface area contributed by atoms with Gasteiger partial charge in [-0.25, -0.2) is 9.62 Å². The van der Waals surface area contributed by atoms with Crippen LogP contribution in [0.1, 0.15) is 16.8 Å². The molecule has 0 radical (unpaired) electrons. The number of H-pyrrole nitrogens is 1. The molecule has 1 amide bonds. The van der Waals surface area contributed by atoms with E-state index < -0.39 is 0 Å². The molecule has 1 fully saturated rings. The van der Waals surface area contributed by atoms with Crippen LogP contribution < -0.4 is 5.32 Å². The fraction of sp³-hybridized carbons (Fsp3) is 0.208. The number of amides is 1. The molecule has 166 valence electrons. The van der Waals surface area contributed by atoms with Gasteiger partial charge in [0, 0.05) is 25.8 Å². The Labute approximate surface area is 190 Å². The van der Waals surface area contributed by atoms with Gasteiger partial charge in [-0.15, -0.1) is 0 Å². The molecule has 2 aromatic carbocycles. The number of hydrogen-bond acceptors (Lipinski definition) is 5. The number of nitrogens with zero attached hydrogens (tertiary/aromatic N) is 4. The Balaban J connectivity index is 1.23. The van der Waals surface area contributed by atoms with Gasteiger partial charge in [-0.2, -0.15) is 0 Å². The van der Waals surface area contributed by atoms with E-state index in [0.717, 1.165) is 28.7 Å².